The quantitative estimate of drug-likeness (QED) is 0.648. The lowest BCUT2D eigenvalue weighted by atomic mass is 9.95. The Morgan fingerprint density at radius 2 is 1.93 bits per heavy atom. The van der Waals surface area contributed by atoms with Gasteiger partial charge in [0.2, 0.25) is 0 Å². The Balaban J connectivity index is 2.28. The molecule has 0 bridgehead atoms. The summed E-state index contributed by atoms with van der Waals surface area (Å²) in [6.45, 7) is 5.60. The van der Waals surface area contributed by atoms with Gasteiger partial charge in [-0.25, -0.2) is 0 Å². The van der Waals surface area contributed by atoms with Gasteiger partial charge in [0, 0.05) is 11.0 Å². The number of piperidine rings is 1. The van der Waals surface area contributed by atoms with Crippen molar-refractivity contribution in [3.8, 4) is 0 Å². The largest absolute Gasteiger partial charge is 0.392 e. The molecule has 1 rings (SSSR count). The van der Waals surface area contributed by atoms with Gasteiger partial charge in [-0.15, -0.1) is 0 Å². The van der Waals surface area contributed by atoms with Crippen molar-refractivity contribution in [3.05, 3.63) is 0 Å². The van der Waals surface area contributed by atoms with E-state index in [2.05, 4.69) is 5.32 Å². The third-order valence-electron chi connectivity index (χ3n) is 2.83. The van der Waals surface area contributed by atoms with Crippen LogP contribution in [0.5, 0.6) is 0 Å². The average molecular weight is 219 g/mol. The molecule has 3 nitrogen and oxygen atoms in total. The Kier molecular flexibility index (Phi) is 4.70. The van der Waals surface area contributed by atoms with Crippen molar-refractivity contribution in [2.75, 3.05) is 18.8 Å². The molecule has 1 saturated heterocycles. The minimum absolute atomic E-state index is 0.203. The third-order valence-corrected chi connectivity index (χ3v) is 4.45. The number of hydrogen-bond acceptors (Lipinski definition) is 4. The van der Waals surface area contributed by atoms with Crippen LogP contribution in [0.4, 0.5) is 0 Å². The lowest BCUT2D eigenvalue weighted by Gasteiger charge is -2.33. The van der Waals surface area contributed by atoms with Crippen molar-refractivity contribution in [1.29, 1.82) is 0 Å². The standard InChI is InChI=1S/C10H21NO2S/c1-8(12)9(2)14-7-10(13)3-5-11-6-4-10/h8-9,11-13H,3-7H2,1-2H3. The van der Waals surface area contributed by atoms with Crippen LogP contribution in [0.15, 0.2) is 0 Å². The van der Waals surface area contributed by atoms with Gasteiger partial charge >= 0.3 is 0 Å². The first kappa shape index (κ1) is 12.3. The summed E-state index contributed by atoms with van der Waals surface area (Å²) < 4.78 is 0. The van der Waals surface area contributed by atoms with E-state index in [1.54, 1.807) is 18.7 Å². The van der Waals surface area contributed by atoms with Crippen molar-refractivity contribution in [3.63, 3.8) is 0 Å². The zero-order valence-electron chi connectivity index (χ0n) is 8.99. The van der Waals surface area contributed by atoms with Crippen LogP contribution >= 0.6 is 11.8 Å². The number of aliphatic hydroxyl groups excluding tert-OH is 1. The van der Waals surface area contributed by atoms with E-state index in [0.29, 0.717) is 0 Å². The van der Waals surface area contributed by atoms with Gasteiger partial charge < -0.3 is 15.5 Å². The number of aliphatic hydroxyl groups is 2. The van der Waals surface area contributed by atoms with Crippen molar-refractivity contribution >= 4 is 11.8 Å². The molecule has 0 aromatic heterocycles. The summed E-state index contributed by atoms with van der Waals surface area (Å²) in [4.78, 5) is 0. The second kappa shape index (κ2) is 5.35. The van der Waals surface area contributed by atoms with E-state index in [4.69, 9.17) is 0 Å². The van der Waals surface area contributed by atoms with E-state index < -0.39 is 5.60 Å². The Morgan fingerprint density at radius 1 is 1.36 bits per heavy atom. The summed E-state index contributed by atoms with van der Waals surface area (Å²) in [7, 11) is 0. The minimum Gasteiger partial charge on any atom is -0.392 e. The fraction of sp³-hybridized carbons (Fsp3) is 1.00. The third kappa shape index (κ3) is 3.77. The molecule has 0 saturated carbocycles. The molecule has 84 valence electrons. The number of hydrogen-bond donors (Lipinski definition) is 3. The monoisotopic (exact) mass is 219 g/mol. The predicted molar refractivity (Wildman–Crippen MR) is 60.7 cm³/mol. The van der Waals surface area contributed by atoms with Gasteiger partial charge in [-0.05, 0) is 32.9 Å². The Hall–Kier alpha value is 0.230. The molecule has 1 aliphatic heterocycles. The molecule has 0 amide bonds. The second-order valence-electron chi connectivity index (χ2n) is 4.23. The lowest BCUT2D eigenvalue weighted by Crippen LogP contribution is -2.44. The fourth-order valence-electron chi connectivity index (χ4n) is 1.46. The highest BCUT2D eigenvalue weighted by molar-refractivity contribution is 8.00. The Morgan fingerprint density at radius 3 is 2.43 bits per heavy atom. The summed E-state index contributed by atoms with van der Waals surface area (Å²) in [5, 5.41) is 22.9. The SMILES string of the molecule is CC(O)C(C)SCC1(O)CCNCC1. The highest BCUT2D eigenvalue weighted by Crippen LogP contribution is 2.26. The van der Waals surface area contributed by atoms with Gasteiger partial charge in [0.05, 0.1) is 11.7 Å². The molecular formula is C10H21NO2S. The molecule has 1 fully saturated rings. The van der Waals surface area contributed by atoms with Gasteiger partial charge in [-0.1, -0.05) is 6.92 Å². The van der Waals surface area contributed by atoms with E-state index in [-0.39, 0.29) is 11.4 Å². The number of nitrogens with one attached hydrogen (secondary N) is 1. The topological polar surface area (TPSA) is 52.5 Å². The molecule has 0 radical (unpaired) electrons. The zero-order chi connectivity index (χ0) is 10.6. The van der Waals surface area contributed by atoms with E-state index in [1.807, 2.05) is 6.92 Å². The molecule has 0 aromatic rings. The molecule has 0 spiro atoms. The predicted octanol–water partition coefficient (Wildman–Crippen LogP) is 0.603. The van der Waals surface area contributed by atoms with Crippen LogP contribution in [0, 0.1) is 0 Å². The first-order valence-corrected chi connectivity index (χ1v) is 6.31. The summed E-state index contributed by atoms with van der Waals surface area (Å²) >= 11 is 1.66. The first-order valence-electron chi connectivity index (χ1n) is 5.26. The lowest BCUT2D eigenvalue weighted by molar-refractivity contribution is 0.0337. The van der Waals surface area contributed by atoms with Crippen LogP contribution < -0.4 is 5.32 Å². The number of thioether (sulfide) groups is 1. The fourth-order valence-corrected chi connectivity index (χ4v) is 2.60. The van der Waals surface area contributed by atoms with Crippen LogP contribution in [0.3, 0.4) is 0 Å². The molecule has 3 N–H and O–H groups in total. The molecule has 0 aromatic carbocycles. The molecule has 1 aliphatic rings. The van der Waals surface area contributed by atoms with Crippen LogP contribution in [0.1, 0.15) is 26.7 Å². The second-order valence-corrected chi connectivity index (χ2v) is 5.60. The van der Waals surface area contributed by atoms with Crippen molar-refractivity contribution < 1.29 is 10.2 Å². The maximum Gasteiger partial charge on any atom is 0.0762 e. The summed E-state index contributed by atoms with van der Waals surface area (Å²) in [5.41, 5.74) is -0.515. The van der Waals surface area contributed by atoms with E-state index in [1.165, 1.54) is 0 Å². The van der Waals surface area contributed by atoms with Gasteiger partial charge in [0.15, 0.2) is 0 Å². The van der Waals surface area contributed by atoms with Gasteiger partial charge in [-0.2, -0.15) is 11.8 Å². The molecule has 2 unspecified atom stereocenters. The van der Waals surface area contributed by atoms with Gasteiger partial charge in [0.25, 0.3) is 0 Å². The maximum absolute atomic E-state index is 10.2. The molecule has 1 heterocycles. The first-order chi connectivity index (χ1) is 6.53. The highest BCUT2D eigenvalue weighted by atomic mass is 32.2. The van der Waals surface area contributed by atoms with Crippen LogP contribution in [0.2, 0.25) is 0 Å². The Labute approximate surface area is 90.3 Å². The zero-order valence-corrected chi connectivity index (χ0v) is 9.81. The van der Waals surface area contributed by atoms with Gasteiger partial charge in [0.1, 0.15) is 0 Å². The van der Waals surface area contributed by atoms with Gasteiger partial charge in [-0.3, -0.25) is 0 Å². The molecule has 14 heavy (non-hydrogen) atoms. The van der Waals surface area contributed by atoms with Crippen molar-refractivity contribution in [1.82, 2.24) is 5.32 Å². The van der Waals surface area contributed by atoms with Crippen LogP contribution in [-0.2, 0) is 0 Å². The highest BCUT2D eigenvalue weighted by Gasteiger charge is 2.29. The normalized spacial score (nSPS) is 25.7. The van der Waals surface area contributed by atoms with E-state index in [0.717, 1.165) is 31.7 Å². The summed E-state index contributed by atoms with van der Waals surface area (Å²) in [6, 6.07) is 0. The molecule has 4 heteroatoms. The number of rotatable bonds is 4. The molecule has 2 atom stereocenters. The van der Waals surface area contributed by atoms with Crippen molar-refractivity contribution in [2.45, 2.75) is 43.6 Å². The average Bonchev–Trinajstić information content (AvgIpc) is 2.15. The molecular weight excluding hydrogens is 198 g/mol. The van der Waals surface area contributed by atoms with Crippen LogP contribution in [0.25, 0.3) is 0 Å². The van der Waals surface area contributed by atoms with Crippen molar-refractivity contribution in [2.24, 2.45) is 0 Å². The minimum atomic E-state index is -0.515. The van der Waals surface area contributed by atoms with Crippen LogP contribution in [-0.4, -0.2) is 46.0 Å². The molecule has 0 aliphatic carbocycles. The smallest absolute Gasteiger partial charge is 0.0762 e. The Bertz CT molecular complexity index is 170. The maximum atomic E-state index is 10.2. The summed E-state index contributed by atoms with van der Waals surface area (Å²) in [6.07, 6.45) is 1.35. The van der Waals surface area contributed by atoms with E-state index in [9.17, 15) is 10.2 Å². The summed E-state index contributed by atoms with van der Waals surface area (Å²) in [5.74, 6) is 0.737. The van der Waals surface area contributed by atoms with E-state index >= 15 is 0 Å².